The van der Waals surface area contributed by atoms with Crippen molar-refractivity contribution in [2.75, 3.05) is 5.32 Å². The van der Waals surface area contributed by atoms with E-state index in [1.165, 1.54) is 0 Å². The first-order valence-corrected chi connectivity index (χ1v) is 9.19. The molecule has 23 heavy (non-hydrogen) atoms. The van der Waals surface area contributed by atoms with Crippen molar-refractivity contribution in [1.82, 2.24) is 9.97 Å². The Bertz CT molecular complexity index is 814. The van der Waals surface area contributed by atoms with Crippen LogP contribution in [0, 0.1) is 6.92 Å². The summed E-state index contributed by atoms with van der Waals surface area (Å²) in [4.78, 5) is 8.05. The first-order valence-electron chi connectivity index (χ1n) is 7.16. The molecular weight excluding hydrogens is 334 g/mol. The van der Waals surface area contributed by atoms with Crippen LogP contribution in [0.5, 0.6) is 0 Å². The number of nitrogens with one attached hydrogen (secondary N) is 1. The molecule has 0 aliphatic rings. The Morgan fingerprint density at radius 3 is 2.61 bits per heavy atom. The number of aromatic nitrogens is 2. The van der Waals surface area contributed by atoms with E-state index in [2.05, 4.69) is 15.3 Å². The fourth-order valence-electron chi connectivity index (χ4n) is 1.86. The van der Waals surface area contributed by atoms with E-state index in [-0.39, 0.29) is 11.0 Å². The Labute approximate surface area is 142 Å². The molecule has 2 aromatic rings. The second kappa shape index (κ2) is 6.45. The third kappa shape index (κ3) is 4.42. The zero-order chi connectivity index (χ0) is 17.3. The quantitative estimate of drug-likeness (QED) is 0.844. The van der Waals surface area contributed by atoms with E-state index in [1.54, 1.807) is 39.1 Å². The van der Waals surface area contributed by atoms with E-state index in [0.717, 1.165) is 16.8 Å². The fourth-order valence-corrected chi connectivity index (χ4v) is 3.04. The predicted molar refractivity (Wildman–Crippen MR) is 93.9 cm³/mol. The molecule has 124 valence electrons. The van der Waals surface area contributed by atoms with Gasteiger partial charge < -0.3 is 5.32 Å². The van der Waals surface area contributed by atoms with E-state index in [0.29, 0.717) is 5.82 Å². The van der Waals surface area contributed by atoms with Gasteiger partial charge in [-0.2, -0.15) is 0 Å². The van der Waals surface area contributed by atoms with Gasteiger partial charge in [-0.15, -0.1) is 0 Å². The minimum atomic E-state index is -3.23. The monoisotopic (exact) mass is 353 g/mol. The van der Waals surface area contributed by atoms with Crippen LogP contribution in [0.1, 0.15) is 31.9 Å². The Kier molecular flexibility index (Phi) is 4.96. The molecule has 1 N–H and O–H groups in total. The molecule has 0 spiro atoms. The minimum absolute atomic E-state index is 0.00443. The van der Waals surface area contributed by atoms with Crippen LogP contribution in [0.2, 0.25) is 5.28 Å². The van der Waals surface area contributed by atoms with Gasteiger partial charge in [0.25, 0.3) is 0 Å². The van der Waals surface area contributed by atoms with E-state index < -0.39 is 14.6 Å². The van der Waals surface area contributed by atoms with E-state index in [4.69, 9.17) is 11.6 Å². The lowest BCUT2D eigenvalue weighted by atomic mass is 10.2. The summed E-state index contributed by atoms with van der Waals surface area (Å²) in [6, 6.07) is 7.27. The van der Waals surface area contributed by atoms with Crippen LogP contribution in [-0.4, -0.2) is 23.1 Å². The van der Waals surface area contributed by atoms with Crippen LogP contribution in [0.25, 0.3) is 0 Å². The van der Waals surface area contributed by atoms with Gasteiger partial charge in [-0.05, 0) is 57.0 Å². The SMILES string of the molecule is Cc1cnc(Cl)nc1Nc1cccc(CS(=O)(=O)C(C)(C)C)c1. The topological polar surface area (TPSA) is 72.0 Å². The lowest BCUT2D eigenvalue weighted by Gasteiger charge is -2.19. The third-order valence-electron chi connectivity index (χ3n) is 3.42. The van der Waals surface area contributed by atoms with Gasteiger partial charge in [-0.3, -0.25) is 0 Å². The first-order chi connectivity index (χ1) is 10.6. The molecule has 5 nitrogen and oxygen atoms in total. The molecule has 0 bridgehead atoms. The molecule has 0 atom stereocenters. The van der Waals surface area contributed by atoms with Gasteiger partial charge in [0.15, 0.2) is 9.84 Å². The number of nitrogens with zero attached hydrogens (tertiary/aromatic N) is 2. The normalized spacial score (nSPS) is 12.2. The van der Waals surface area contributed by atoms with Crippen molar-refractivity contribution in [3.63, 3.8) is 0 Å². The first kappa shape index (κ1) is 17.7. The van der Waals surface area contributed by atoms with Gasteiger partial charge in [0, 0.05) is 17.4 Å². The summed E-state index contributed by atoms with van der Waals surface area (Å²) in [5, 5.41) is 3.30. The number of benzene rings is 1. The van der Waals surface area contributed by atoms with E-state index >= 15 is 0 Å². The molecule has 0 aliphatic carbocycles. The molecule has 0 aliphatic heterocycles. The molecule has 0 unspecified atom stereocenters. The zero-order valence-electron chi connectivity index (χ0n) is 13.6. The van der Waals surface area contributed by atoms with Crippen molar-refractivity contribution >= 4 is 32.9 Å². The van der Waals surface area contributed by atoms with Crippen molar-refractivity contribution in [3.05, 3.63) is 46.9 Å². The van der Waals surface area contributed by atoms with Crippen molar-refractivity contribution in [3.8, 4) is 0 Å². The average molecular weight is 354 g/mol. The number of aryl methyl sites for hydroxylation is 1. The van der Waals surface area contributed by atoms with Crippen LogP contribution >= 0.6 is 11.6 Å². The van der Waals surface area contributed by atoms with Crippen LogP contribution in [0.15, 0.2) is 30.5 Å². The number of anilines is 2. The fraction of sp³-hybridized carbons (Fsp3) is 0.375. The molecule has 0 amide bonds. The molecule has 1 aromatic heterocycles. The number of sulfone groups is 1. The third-order valence-corrected chi connectivity index (χ3v) is 6.18. The van der Waals surface area contributed by atoms with E-state index in [9.17, 15) is 8.42 Å². The van der Waals surface area contributed by atoms with Gasteiger partial charge in [0.2, 0.25) is 5.28 Å². The summed E-state index contributed by atoms with van der Waals surface area (Å²) >= 11 is 5.81. The van der Waals surface area contributed by atoms with Crippen molar-refractivity contribution < 1.29 is 8.42 Å². The molecule has 0 saturated heterocycles. The lowest BCUT2D eigenvalue weighted by molar-refractivity contribution is 0.559. The number of hydrogen-bond donors (Lipinski definition) is 1. The van der Waals surface area contributed by atoms with Crippen LogP contribution in [0.4, 0.5) is 11.5 Å². The molecule has 0 saturated carbocycles. The van der Waals surface area contributed by atoms with E-state index in [1.807, 2.05) is 19.1 Å². The molecule has 1 aromatic carbocycles. The summed E-state index contributed by atoms with van der Waals surface area (Å²) in [5.41, 5.74) is 2.33. The second-order valence-corrected chi connectivity index (χ2v) is 9.45. The van der Waals surface area contributed by atoms with Crippen molar-refractivity contribution in [2.24, 2.45) is 0 Å². The number of hydrogen-bond acceptors (Lipinski definition) is 5. The summed E-state index contributed by atoms with van der Waals surface area (Å²) < 4.78 is 23.9. The maximum atomic E-state index is 12.3. The maximum Gasteiger partial charge on any atom is 0.224 e. The predicted octanol–water partition coefficient (Wildman–Crippen LogP) is 3.90. The molecule has 0 radical (unpaired) electrons. The van der Waals surface area contributed by atoms with Crippen molar-refractivity contribution in [2.45, 2.75) is 38.2 Å². The molecular formula is C16H20ClN3O2S. The standard InChI is InChI=1S/C16H20ClN3O2S/c1-11-9-18-15(17)20-14(11)19-13-7-5-6-12(8-13)10-23(21,22)16(2,3)4/h5-9H,10H2,1-4H3,(H,18,19,20). The highest BCUT2D eigenvalue weighted by molar-refractivity contribution is 7.91. The largest absolute Gasteiger partial charge is 0.340 e. The second-order valence-electron chi connectivity index (χ2n) is 6.37. The van der Waals surface area contributed by atoms with Crippen LogP contribution < -0.4 is 5.32 Å². The average Bonchev–Trinajstić information content (AvgIpc) is 2.41. The lowest BCUT2D eigenvalue weighted by Crippen LogP contribution is -2.29. The maximum absolute atomic E-state index is 12.3. The Hall–Kier alpha value is -1.66. The van der Waals surface area contributed by atoms with Gasteiger partial charge in [-0.1, -0.05) is 12.1 Å². The summed E-state index contributed by atoms with van der Waals surface area (Å²) in [7, 11) is -3.23. The Morgan fingerprint density at radius 1 is 1.26 bits per heavy atom. The smallest absolute Gasteiger partial charge is 0.224 e. The molecule has 2 rings (SSSR count). The van der Waals surface area contributed by atoms with Crippen LogP contribution in [0.3, 0.4) is 0 Å². The Morgan fingerprint density at radius 2 is 1.96 bits per heavy atom. The van der Waals surface area contributed by atoms with Gasteiger partial charge in [0.1, 0.15) is 5.82 Å². The van der Waals surface area contributed by atoms with Crippen LogP contribution in [-0.2, 0) is 15.6 Å². The number of halogens is 1. The molecule has 0 fully saturated rings. The molecule has 7 heteroatoms. The highest BCUT2D eigenvalue weighted by Crippen LogP contribution is 2.24. The summed E-state index contributed by atoms with van der Waals surface area (Å²) in [5.74, 6) is 0.594. The highest BCUT2D eigenvalue weighted by atomic mass is 35.5. The summed E-state index contributed by atoms with van der Waals surface area (Å²) in [6.45, 7) is 6.98. The number of rotatable bonds is 4. The summed E-state index contributed by atoms with van der Waals surface area (Å²) in [6.07, 6.45) is 1.63. The molecule has 1 heterocycles. The van der Waals surface area contributed by atoms with Crippen molar-refractivity contribution in [1.29, 1.82) is 0 Å². The zero-order valence-corrected chi connectivity index (χ0v) is 15.2. The van der Waals surface area contributed by atoms with Gasteiger partial charge in [-0.25, -0.2) is 18.4 Å². The highest BCUT2D eigenvalue weighted by Gasteiger charge is 2.28. The van der Waals surface area contributed by atoms with Gasteiger partial charge in [0.05, 0.1) is 10.5 Å². The minimum Gasteiger partial charge on any atom is -0.340 e. The Balaban J connectivity index is 2.26. The van der Waals surface area contributed by atoms with Gasteiger partial charge >= 0.3 is 0 Å².